The number of ether oxygens (including phenoxy) is 1. The molecule has 0 aliphatic carbocycles. The van der Waals surface area contributed by atoms with E-state index in [1.54, 1.807) is 0 Å². The van der Waals surface area contributed by atoms with Crippen LogP contribution < -0.4 is 4.74 Å². The number of halogens is 3. The SMILES string of the molecule is CC1=NN(C(=O)COc2ccc(C#N)cc2)[C@@](O)(C(F)(F)F)C1. The van der Waals surface area contributed by atoms with E-state index >= 15 is 0 Å². The van der Waals surface area contributed by atoms with Gasteiger partial charge in [-0.3, -0.25) is 4.79 Å². The zero-order chi connectivity index (χ0) is 17.3. The van der Waals surface area contributed by atoms with Gasteiger partial charge in [0.25, 0.3) is 11.6 Å². The Morgan fingerprint density at radius 2 is 2.09 bits per heavy atom. The summed E-state index contributed by atoms with van der Waals surface area (Å²) in [5, 5.41) is 21.9. The number of rotatable bonds is 3. The van der Waals surface area contributed by atoms with Crippen molar-refractivity contribution >= 4 is 11.6 Å². The summed E-state index contributed by atoms with van der Waals surface area (Å²) in [6.45, 7) is 0.548. The highest BCUT2D eigenvalue weighted by Crippen LogP contribution is 2.40. The summed E-state index contributed by atoms with van der Waals surface area (Å²) in [6, 6.07) is 7.56. The molecular weight excluding hydrogens is 315 g/mol. The molecule has 1 aromatic rings. The second-order valence-electron chi connectivity index (χ2n) is 4.96. The van der Waals surface area contributed by atoms with Crippen LogP contribution in [-0.2, 0) is 4.79 Å². The first-order chi connectivity index (χ1) is 10.7. The smallest absolute Gasteiger partial charge is 0.438 e. The van der Waals surface area contributed by atoms with Crippen LogP contribution in [0.5, 0.6) is 5.75 Å². The predicted octanol–water partition coefficient (Wildman–Crippen LogP) is 1.80. The Morgan fingerprint density at radius 3 is 2.61 bits per heavy atom. The van der Waals surface area contributed by atoms with Crippen molar-refractivity contribution in [1.82, 2.24) is 5.01 Å². The topological polar surface area (TPSA) is 85.9 Å². The normalized spacial score (nSPS) is 20.9. The van der Waals surface area contributed by atoms with E-state index in [0.717, 1.165) is 0 Å². The number of hydrogen-bond acceptors (Lipinski definition) is 5. The number of hydrazone groups is 1. The second-order valence-corrected chi connectivity index (χ2v) is 4.96. The molecular formula is C14H12F3N3O3. The van der Waals surface area contributed by atoms with Crippen molar-refractivity contribution in [2.45, 2.75) is 25.2 Å². The monoisotopic (exact) mass is 327 g/mol. The molecule has 1 amide bonds. The lowest BCUT2D eigenvalue weighted by Gasteiger charge is -2.32. The van der Waals surface area contributed by atoms with Crippen LogP contribution in [0.15, 0.2) is 29.4 Å². The standard InChI is InChI=1S/C14H12F3N3O3/c1-9-6-13(22,14(15,16)17)20(19-9)12(21)8-23-11-4-2-10(7-18)3-5-11/h2-5,22H,6,8H2,1H3/t13-/m0/s1. The van der Waals surface area contributed by atoms with E-state index in [1.165, 1.54) is 31.2 Å². The van der Waals surface area contributed by atoms with Crippen molar-refractivity contribution in [2.24, 2.45) is 5.10 Å². The number of nitrogens with zero attached hydrogens (tertiary/aromatic N) is 3. The number of nitriles is 1. The van der Waals surface area contributed by atoms with Gasteiger partial charge in [0.2, 0.25) is 0 Å². The van der Waals surface area contributed by atoms with E-state index < -0.39 is 30.8 Å². The number of amides is 1. The maximum atomic E-state index is 13.0. The highest BCUT2D eigenvalue weighted by molar-refractivity contribution is 5.89. The second kappa shape index (κ2) is 5.89. The van der Waals surface area contributed by atoms with Crippen molar-refractivity contribution in [3.63, 3.8) is 0 Å². The summed E-state index contributed by atoms with van der Waals surface area (Å²) in [6.07, 6.45) is -5.85. The van der Waals surface area contributed by atoms with Gasteiger partial charge in [-0.15, -0.1) is 0 Å². The van der Waals surface area contributed by atoms with E-state index in [2.05, 4.69) is 5.10 Å². The molecule has 0 aromatic heterocycles. The van der Waals surface area contributed by atoms with Gasteiger partial charge in [0.1, 0.15) is 5.75 Å². The van der Waals surface area contributed by atoms with Gasteiger partial charge < -0.3 is 9.84 Å². The van der Waals surface area contributed by atoms with Crippen molar-refractivity contribution in [1.29, 1.82) is 5.26 Å². The first kappa shape index (κ1) is 16.8. The third kappa shape index (κ3) is 3.27. The highest BCUT2D eigenvalue weighted by Gasteiger charge is 2.62. The minimum atomic E-state index is -5.04. The third-order valence-corrected chi connectivity index (χ3v) is 3.16. The molecule has 0 radical (unpaired) electrons. The first-order valence-corrected chi connectivity index (χ1v) is 6.46. The summed E-state index contributed by atoms with van der Waals surface area (Å²) in [4.78, 5) is 11.9. The molecule has 122 valence electrons. The number of carbonyl (C=O) groups is 1. The maximum Gasteiger partial charge on any atom is 0.438 e. The average molecular weight is 327 g/mol. The van der Waals surface area contributed by atoms with Crippen molar-refractivity contribution in [3.05, 3.63) is 29.8 Å². The number of hydrogen-bond donors (Lipinski definition) is 1. The summed E-state index contributed by atoms with van der Waals surface area (Å²) in [7, 11) is 0. The van der Waals surface area contributed by atoms with Gasteiger partial charge >= 0.3 is 6.18 Å². The molecule has 0 unspecified atom stereocenters. The van der Waals surface area contributed by atoms with Crippen LogP contribution in [-0.4, -0.2) is 40.2 Å². The molecule has 1 heterocycles. The first-order valence-electron chi connectivity index (χ1n) is 6.46. The number of benzene rings is 1. The Hall–Kier alpha value is -2.60. The molecule has 0 fully saturated rings. The van der Waals surface area contributed by atoms with Crippen LogP contribution in [0, 0.1) is 11.3 Å². The fraction of sp³-hybridized carbons (Fsp3) is 0.357. The molecule has 0 spiro atoms. The molecule has 2 rings (SSSR count). The Labute approximate surface area is 129 Å². The van der Waals surface area contributed by atoms with Crippen LogP contribution in [0.2, 0.25) is 0 Å². The largest absolute Gasteiger partial charge is 0.484 e. The lowest BCUT2D eigenvalue weighted by atomic mass is 10.1. The van der Waals surface area contributed by atoms with E-state index in [4.69, 9.17) is 10.00 Å². The summed E-state index contributed by atoms with van der Waals surface area (Å²) in [5.74, 6) is -0.932. The molecule has 0 saturated heterocycles. The Morgan fingerprint density at radius 1 is 1.48 bits per heavy atom. The van der Waals surface area contributed by atoms with Gasteiger partial charge in [-0.25, -0.2) is 0 Å². The van der Waals surface area contributed by atoms with Gasteiger partial charge in [-0.05, 0) is 31.2 Å². The Bertz CT molecular complexity index is 679. The van der Waals surface area contributed by atoms with Crippen LogP contribution in [0.25, 0.3) is 0 Å². The Balaban J connectivity index is 2.08. The third-order valence-electron chi connectivity index (χ3n) is 3.16. The molecule has 1 aliphatic rings. The van der Waals surface area contributed by atoms with E-state index in [1.807, 2.05) is 6.07 Å². The quantitative estimate of drug-likeness (QED) is 0.917. The summed E-state index contributed by atoms with van der Waals surface area (Å²) >= 11 is 0. The molecule has 9 heteroatoms. The number of aliphatic hydroxyl groups is 1. The molecule has 0 saturated carbocycles. The maximum absolute atomic E-state index is 13.0. The molecule has 6 nitrogen and oxygen atoms in total. The van der Waals surface area contributed by atoms with Gasteiger partial charge in [0, 0.05) is 12.1 Å². The van der Waals surface area contributed by atoms with Gasteiger partial charge in [-0.1, -0.05) is 0 Å². The highest BCUT2D eigenvalue weighted by atomic mass is 19.4. The summed E-state index contributed by atoms with van der Waals surface area (Å²) in [5.41, 5.74) is -3.01. The molecule has 1 N–H and O–H groups in total. The number of alkyl halides is 3. The lowest BCUT2D eigenvalue weighted by molar-refractivity contribution is -0.302. The average Bonchev–Trinajstić information content (AvgIpc) is 2.81. The van der Waals surface area contributed by atoms with Crippen LogP contribution >= 0.6 is 0 Å². The molecule has 23 heavy (non-hydrogen) atoms. The fourth-order valence-corrected chi connectivity index (χ4v) is 2.03. The van der Waals surface area contributed by atoms with Crippen LogP contribution in [0.3, 0.4) is 0 Å². The summed E-state index contributed by atoms with van der Waals surface area (Å²) < 4.78 is 44.0. The van der Waals surface area contributed by atoms with Crippen LogP contribution in [0.4, 0.5) is 13.2 Å². The minimum Gasteiger partial charge on any atom is -0.484 e. The van der Waals surface area contributed by atoms with Crippen molar-refractivity contribution in [2.75, 3.05) is 6.61 Å². The number of carbonyl (C=O) groups excluding carboxylic acids is 1. The van der Waals surface area contributed by atoms with E-state index in [-0.39, 0.29) is 16.5 Å². The van der Waals surface area contributed by atoms with E-state index in [0.29, 0.717) is 5.56 Å². The fourth-order valence-electron chi connectivity index (χ4n) is 2.03. The van der Waals surface area contributed by atoms with Gasteiger partial charge in [-0.2, -0.15) is 28.5 Å². The van der Waals surface area contributed by atoms with Crippen molar-refractivity contribution in [3.8, 4) is 11.8 Å². The van der Waals surface area contributed by atoms with Crippen molar-refractivity contribution < 1.29 is 27.8 Å². The minimum absolute atomic E-state index is 0.00593. The lowest BCUT2D eigenvalue weighted by Crippen LogP contribution is -2.57. The molecule has 1 aliphatic heterocycles. The molecule has 0 bridgehead atoms. The van der Waals surface area contributed by atoms with E-state index in [9.17, 15) is 23.1 Å². The Kier molecular flexibility index (Phi) is 4.29. The van der Waals surface area contributed by atoms with Gasteiger partial charge in [0.05, 0.1) is 11.6 Å². The zero-order valence-corrected chi connectivity index (χ0v) is 12.0. The zero-order valence-electron chi connectivity index (χ0n) is 12.0. The molecule has 1 aromatic carbocycles. The van der Waals surface area contributed by atoms with Crippen LogP contribution in [0.1, 0.15) is 18.9 Å². The van der Waals surface area contributed by atoms with Gasteiger partial charge in [0.15, 0.2) is 6.61 Å². The predicted molar refractivity (Wildman–Crippen MR) is 72.2 cm³/mol. The molecule has 1 atom stereocenters.